The van der Waals surface area contributed by atoms with Gasteiger partial charge in [0.05, 0.1) is 0 Å². The summed E-state index contributed by atoms with van der Waals surface area (Å²) in [4.78, 5) is 4.51. The average Bonchev–Trinajstić information content (AvgIpc) is 2.96. The molecule has 0 radical (unpaired) electrons. The Bertz CT molecular complexity index is 682. The molecule has 1 aromatic heterocycles. The zero-order valence-corrected chi connectivity index (χ0v) is 12.3. The third-order valence-corrected chi connectivity index (χ3v) is 3.75. The van der Waals surface area contributed by atoms with Gasteiger partial charge in [-0.1, -0.05) is 44.0 Å². The molecule has 3 heteroatoms. The van der Waals surface area contributed by atoms with Crippen molar-refractivity contribution in [1.82, 2.24) is 4.98 Å². The number of aromatic nitrogens is 1. The Morgan fingerprint density at radius 2 is 1.86 bits per heavy atom. The molecule has 0 spiro atoms. The standard InChI is InChI=1S/C18H20N2O/c1-2-3-6-15(19)13-9-11-14(12-10-13)18-20-16-7-4-5-8-17(16)21-18/h4-5,7-12,15H,2-3,6,19H2,1H3. The summed E-state index contributed by atoms with van der Waals surface area (Å²) < 4.78 is 5.78. The number of oxazole rings is 1. The summed E-state index contributed by atoms with van der Waals surface area (Å²) in [5.74, 6) is 0.657. The third-order valence-electron chi connectivity index (χ3n) is 3.75. The molecule has 0 aliphatic rings. The summed E-state index contributed by atoms with van der Waals surface area (Å²) in [6.45, 7) is 2.18. The second-order valence-corrected chi connectivity index (χ2v) is 5.36. The SMILES string of the molecule is CCCCC(N)c1ccc(-c2nc3ccccc3o2)cc1. The molecule has 0 aliphatic heterocycles. The largest absolute Gasteiger partial charge is 0.436 e. The maximum absolute atomic E-state index is 6.19. The molecule has 1 heterocycles. The summed E-state index contributed by atoms with van der Waals surface area (Å²) in [5.41, 5.74) is 10.0. The van der Waals surface area contributed by atoms with Crippen LogP contribution in [0.2, 0.25) is 0 Å². The lowest BCUT2D eigenvalue weighted by Crippen LogP contribution is -2.09. The van der Waals surface area contributed by atoms with E-state index in [4.69, 9.17) is 10.2 Å². The molecule has 0 fully saturated rings. The van der Waals surface area contributed by atoms with Gasteiger partial charge in [0.2, 0.25) is 5.89 Å². The molecule has 2 aromatic carbocycles. The smallest absolute Gasteiger partial charge is 0.227 e. The van der Waals surface area contributed by atoms with Crippen molar-refractivity contribution in [3.05, 3.63) is 54.1 Å². The number of fused-ring (bicyclic) bond motifs is 1. The van der Waals surface area contributed by atoms with Gasteiger partial charge < -0.3 is 10.2 Å². The Balaban J connectivity index is 1.83. The number of nitrogens with two attached hydrogens (primary N) is 1. The highest BCUT2D eigenvalue weighted by atomic mass is 16.3. The molecule has 0 amide bonds. The van der Waals surface area contributed by atoms with Crippen LogP contribution in [0.3, 0.4) is 0 Å². The van der Waals surface area contributed by atoms with Crippen molar-refractivity contribution in [2.75, 3.05) is 0 Å². The maximum atomic E-state index is 6.19. The van der Waals surface area contributed by atoms with Gasteiger partial charge >= 0.3 is 0 Å². The predicted molar refractivity (Wildman–Crippen MR) is 85.9 cm³/mol. The van der Waals surface area contributed by atoms with Crippen molar-refractivity contribution >= 4 is 11.1 Å². The van der Waals surface area contributed by atoms with Crippen LogP contribution in [-0.4, -0.2) is 4.98 Å². The minimum absolute atomic E-state index is 0.114. The number of unbranched alkanes of at least 4 members (excludes halogenated alkanes) is 1. The lowest BCUT2D eigenvalue weighted by Gasteiger charge is -2.11. The van der Waals surface area contributed by atoms with E-state index in [1.807, 2.05) is 36.4 Å². The highest BCUT2D eigenvalue weighted by Gasteiger charge is 2.09. The highest BCUT2D eigenvalue weighted by molar-refractivity contribution is 5.75. The average molecular weight is 280 g/mol. The van der Waals surface area contributed by atoms with Crippen LogP contribution in [-0.2, 0) is 0 Å². The van der Waals surface area contributed by atoms with Gasteiger partial charge in [-0.2, -0.15) is 0 Å². The summed E-state index contributed by atoms with van der Waals surface area (Å²) in [6.07, 6.45) is 3.36. The molecular formula is C18H20N2O. The van der Waals surface area contributed by atoms with E-state index < -0.39 is 0 Å². The van der Waals surface area contributed by atoms with Gasteiger partial charge in [-0.3, -0.25) is 0 Å². The predicted octanol–water partition coefficient (Wildman–Crippen LogP) is 4.68. The maximum Gasteiger partial charge on any atom is 0.227 e. The summed E-state index contributed by atoms with van der Waals surface area (Å²) in [5, 5.41) is 0. The van der Waals surface area contributed by atoms with Gasteiger partial charge in [0.1, 0.15) is 5.52 Å². The van der Waals surface area contributed by atoms with E-state index in [0.29, 0.717) is 5.89 Å². The first-order valence-corrected chi connectivity index (χ1v) is 7.49. The molecule has 21 heavy (non-hydrogen) atoms. The van der Waals surface area contributed by atoms with Gasteiger partial charge in [-0.15, -0.1) is 0 Å². The molecule has 1 atom stereocenters. The topological polar surface area (TPSA) is 52.0 Å². The van der Waals surface area contributed by atoms with Crippen LogP contribution in [0.5, 0.6) is 0 Å². The molecule has 3 nitrogen and oxygen atoms in total. The minimum atomic E-state index is 0.114. The molecule has 0 aliphatic carbocycles. The fraction of sp³-hybridized carbons (Fsp3) is 0.278. The molecule has 0 saturated carbocycles. The quantitative estimate of drug-likeness (QED) is 0.738. The monoisotopic (exact) mass is 280 g/mol. The fourth-order valence-electron chi connectivity index (χ4n) is 2.46. The van der Waals surface area contributed by atoms with Gasteiger partial charge in [-0.05, 0) is 36.2 Å². The van der Waals surface area contributed by atoms with Crippen molar-refractivity contribution in [3.63, 3.8) is 0 Å². The van der Waals surface area contributed by atoms with Crippen LogP contribution < -0.4 is 5.73 Å². The van der Waals surface area contributed by atoms with Crippen LogP contribution in [0.15, 0.2) is 52.9 Å². The summed E-state index contributed by atoms with van der Waals surface area (Å²) in [7, 11) is 0. The molecule has 1 unspecified atom stereocenters. The van der Waals surface area contributed by atoms with E-state index in [1.54, 1.807) is 0 Å². The Morgan fingerprint density at radius 3 is 2.57 bits per heavy atom. The summed E-state index contributed by atoms with van der Waals surface area (Å²) >= 11 is 0. The van der Waals surface area contributed by atoms with E-state index in [-0.39, 0.29) is 6.04 Å². The third kappa shape index (κ3) is 2.98. The second-order valence-electron chi connectivity index (χ2n) is 5.36. The van der Waals surface area contributed by atoms with Crippen LogP contribution >= 0.6 is 0 Å². The van der Waals surface area contributed by atoms with Gasteiger partial charge in [0, 0.05) is 11.6 Å². The number of hydrogen-bond acceptors (Lipinski definition) is 3. The highest BCUT2D eigenvalue weighted by Crippen LogP contribution is 2.26. The van der Waals surface area contributed by atoms with Gasteiger partial charge in [0.25, 0.3) is 0 Å². The number of nitrogens with zero attached hydrogens (tertiary/aromatic N) is 1. The van der Waals surface area contributed by atoms with E-state index >= 15 is 0 Å². The first-order chi connectivity index (χ1) is 10.3. The second kappa shape index (κ2) is 6.10. The first kappa shape index (κ1) is 13.8. The molecule has 3 rings (SSSR count). The van der Waals surface area contributed by atoms with Crippen LogP contribution in [0.4, 0.5) is 0 Å². The van der Waals surface area contributed by atoms with E-state index in [9.17, 15) is 0 Å². The number of rotatable bonds is 5. The molecular weight excluding hydrogens is 260 g/mol. The fourth-order valence-corrected chi connectivity index (χ4v) is 2.46. The van der Waals surface area contributed by atoms with Crippen LogP contribution in [0.25, 0.3) is 22.6 Å². The van der Waals surface area contributed by atoms with Crippen LogP contribution in [0, 0.1) is 0 Å². The Morgan fingerprint density at radius 1 is 1.10 bits per heavy atom. The Labute approximate surface area is 124 Å². The lowest BCUT2D eigenvalue weighted by atomic mass is 10.0. The Kier molecular flexibility index (Phi) is 4.02. The number of benzene rings is 2. The van der Waals surface area contributed by atoms with Crippen molar-refractivity contribution < 1.29 is 4.42 Å². The summed E-state index contributed by atoms with van der Waals surface area (Å²) in [6, 6.07) is 16.1. The van der Waals surface area contributed by atoms with E-state index in [1.165, 1.54) is 12.0 Å². The zero-order valence-electron chi connectivity index (χ0n) is 12.3. The van der Waals surface area contributed by atoms with Gasteiger partial charge in [0.15, 0.2) is 5.58 Å². The van der Waals surface area contributed by atoms with Gasteiger partial charge in [-0.25, -0.2) is 4.98 Å². The molecule has 2 N–H and O–H groups in total. The van der Waals surface area contributed by atoms with E-state index in [2.05, 4.69) is 24.0 Å². The Hall–Kier alpha value is -2.13. The van der Waals surface area contributed by atoms with Crippen molar-refractivity contribution in [1.29, 1.82) is 0 Å². The number of para-hydroxylation sites is 2. The van der Waals surface area contributed by atoms with Crippen molar-refractivity contribution in [2.24, 2.45) is 5.73 Å². The molecule has 0 bridgehead atoms. The normalized spacial score (nSPS) is 12.7. The van der Waals surface area contributed by atoms with E-state index in [0.717, 1.165) is 29.5 Å². The molecule has 3 aromatic rings. The van der Waals surface area contributed by atoms with Crippen LogP contribution in [0.1, 0.15) is 37.8 Å². The first-order valence-electron chi connectivity index (χ1n) is 7.49. The van der Waals surface area contributed by atoms with Crippen molar-refractivity contribution in [2.45, 2.75) is 32.2 Å². The zero-order chi connectivity index (χ0) is 14.7. The molecule has 108 valence electrons. The lowest BCUT2D eigenvalue weighted by molar-refractivity contribution is 0.603. The number of hydrogen-bond donors (Lipinski definition) is 1. The van der Waals surface area contributed by atoms with Crippen molar-refractivity contribution in [3.8, 4) is 11.5 Å². The minimum Gasteiger partial charge on any atom is -0.436 e. The molecule has 0 saturated heterocycles.